The van der Waals surface area contributed by atoms with Crippen LogP contribution >= 0.6 is 0 Å². The van der Waals surface area contributed by atoms with Crippen molar-refractivity contribution in [3.05, 3.63) is 11.6 Å². The molecule has 0 amide bonds. The second kappa shape index (κ2) is 5.55. The summed E-state index contributed by atoms with van der Waals surface area (Å²) in [5, 5.41) is 9.64. The van der Waals surface area contributed by atoms with Gasteiger partial charge in [-0.3, -0.25) is 0 Å². The Morgan fingerprint density at radius 2 is 1.79 bits per heavy atom. The monoisotopic (exact) mass is 198 g/mol. The molecule has 1 N–H and O–H groups in total. The summed E-state index contributed by atoms with van der Waals surface area (Å²) in [5.74, 6) is 0.554. The van der Waals surface area contributed by atoms with Gasteiger partial charge in [0.05, 0.1) is 6.10 Å². The first-order valence-electron chi connectivity index (χ1n) is 5.60. The Morgan fingerprint density at radius 1 is 1.29 bits per heavy atom. The minimum Gasteiger partial charge on any atom is -0.393 e. The largest absolute Gasteiger partial charge is 0.393 e. The number of aliphatic hydroxyl groups excluding tert-OH is 1. The molecule has 14 heavy (non-hydrogen) atoms. The molecule has 0 saturated heterocycles. The maximum absolute atomic E-state index is 9.64. The van der Waals surface area contributed by atoms with Gasteiger partial charge < -0.3 is 5.11 Å². The smallest absolute Gasteiger partial charge is 0.0565 e. The Morgan fingerprint density at radius 3 is 2.14 bits per heavy atom. The van der Waals surface area contributed by atoms with E-state index in [-0.39, 0.29) is 11.5 Å². The van der Waals surface area contributed by atoms with Crippen LogP contribution < -0.4 is 0 Å². The fourth-order valence-corrected chi connectivity index (χ4v) is 1.41. The fraction of sp³-hybridized carbons (Fsp3) is 0.846. The van der Waals surface area contributed by atoms with Gasteiger partial charge in [-0.1, -0.05) is 32.4 Å². The molecule has 1 nitrogen and oxygen atoms in total. The average Bonchev–Trinajstić information content (AvgIpc) is 2.02. The normalized spacial score (nSPS) is 16.2. The molecule has 0 aliphatic carbocycles. The third-order valence-corrected chi connectivity index (χ3v) is 3.50. The molecule has 0 radical (unpaired) electrons. The minimum atomic E-state index is -0.232. The van der Waals surface area contributed by atoms with Crippen LogP contribution in [0.1, 0.15) is 54.4 Å². The summed E-state index contributed by atoms with van der Waals surface area (Å²) < 4.78 is 0. The lowest BCUT2D eigenvalue weighted by Gasteiger charge is -2.34. The highest BCUT2D eigenvalue weighted by atomic mass is 16.3. The van der Waals surface area contributed by atoms with Crippen LogP contribution in [0.25, 0.3) is 0 Å². The van der Waals surface area contributed by atoms with Crippen LogP contribution in [0, 0.1) is 11.3 Å². The molecule has 0 saturated carbocycles. The van der Waals surface area contributed by atoms with E-state index in [1.54, 1.807) is 0 Å². The second-order valence-electron chi connectivity index (χ2n) is 5.26. The number of rotatable bonds is 5. The first-order chi connectivity index (χ1) is 6.28. The summed E-state index contributed by atoms with van der Waals surface area (Å²) in [6, 6.07) is 0. The lowest BCUT2D eigenvalue weighted by atomic mass is 9.74. The zero-order chi connectivity index (χ0) is 11.4. The highest BCUT2D eigenvalue weighted by molar-refractivity contribution is 4.93. The van der Waals surface area contributed by atoms with Crippen LogP contribution in [0.4, 0.5) is 0 Å². The number of hydrogen-bond donors (Lipinski definition) is 1. The molecule has 0 aromatic rings. The topological polar surface area (TPSA) is 20.2 Å². The van der Waals surface area contributed by atoms with Crippen molar-refractivity contribution in [2.24, 2.45) is 11.3 Å². The third kappa shape index (κ3) is 4.28. The van der Waals surface area contributed by atoms with Gasteiger partial charge in [-0.2, -0.15) is 0 Å². The maximum atomic E-state index is 9.64. The molecule has 0 aliphatic rings. The van der Waals surface area contributed by atoms with Gasteiger partial charge >= 0.3 is 0 Å². The van der Waals surface area contributed by atoms with E-state index >= 15 is 0 Å². The van der Waals surface area contributed by atoms with Gasteiger partial charge in [0.25, 0.3) is 0 Å². The SMILES string of the molecule is CC(C)=CCC[C@H](C)C(C)(C)[C@@H](C)O. The predicted molar refractivity (Wildman–Crippen MR) is 63.3 cm³/mol. The maximum Gasteiger partial charge on any atom is 0.0565 e. The molecule has 84 valence electrons. The summed E-state index contributed by atoms with van der Waals surface area (Å²) in [4.78, 5) is 0. The minimum absolute atomic E-state index is 0.0233. The summed E-state index contributed by atoms with van der Waals surface area (Å²) in [6.45, 7) is 12.7. The fourth-order valence-electron chi connectivity index (χ4n) is 1.41. The standard InChI is InChI=1S/C13H26O/c1-10(2)8-7-9-11(3)13(5,6)12(4)14/h8,11-12,14H,7,9H2,1-6H3/t11-,12+/m0/s1. The number of aliphatic hydroxyl groups is 1. The van der Waals surface area contributed by atoms with Crippen LogP contribution in [0.5, 0.6) is 0 Å². The highest BCUT2D eigenvalue weighted by Crippen LogP contribution is 2.33. The van der Waals surface area contributed by atoms with Gasteiger partial charge in [0.1, 0.15) is 0 Å². The van der Waals surface area contributed by atoms with Crippen LogP contribution in [-0.2, 0) is 0 Å². The van der Waals surface area contributed by atoms with Crippen LogP contribution in [0.3, 0.4) is 0 Å². The first kappa shape index (κ1) is 13.7. The van der Waals surface area contributed by atoms with E-state index in [1.807, 2.05) is 6.92 Å². The van der Waals surface area contributed by atoms with Crippen molar-refractivity contribution < 1.29 is 5.11 Å². The molecule has 0 unspecified atom stereocenters. The lowest BCUT2D eigenvalue weighted by Crippen LogP contribution is -2.33. The van der Waals surface area contributed by atoms with E-state index in [4.69, 9.17) is 0 Å². The lowest BCUT2D eigenvalue weighted by molar-refractivity contribution is 0.0230. The summed E-state index contributed by atoms with van der Waals surface area (Å²) in [7, 11) is 0. The van der Waals surface area contributed by atoms with Crippen molar-refractivity contribution in [2.45, 2.75) is 60.5 Å². The summed E-state index contributed by atoms with van der Waals surface area (Å²) >= 11 is 0. The molecule has 0 bridgehead atoms. The Balaban J connectivity index is 4.08. The molecular formula is C13H26O. The van der Waals surface area contributed by atoms with E-state index in [1.165, 1.54) is 5.57 Å². The van der Waals surface area contributed by atoms with Crippen molar-refractivity contribution in [3.63, 3.8) is 0 Å². The molecule has 0 heterocycles. The van der Waals surface area contributed by atoms with E-state index in [9.17, 15) is 5.11 Å². The summed E-state index contributed by atoms with van der Waals surface area (Å²) in [5.41, 5.74) is 1.40. The van der Waals surface area contributed by atoms with Gasteiger partial charge in [0.2, 0.25) is 0 Å². The molecule has 1 heteroatoms. The Kier molecular flexibility index (Phi) is 5.43. The first-order valence-corrected chi connectivity index (χ1v) is 5.60. The molecule has 2 atom stereocenters. The van der Waals surface area contributed by atoms with Crippen molar-refractivity contribution in [2.75, 3.05) is 0 Å². The third-order valence-electron chi connectivity index (χ3n) is 3.50. The molecule has 0 aromatic heterocycles. The van der Waals surface area contributed by atoms with E-state index < -0.39 is 0 Å². The van der Waals surface area contributed by atoms with Crippen molar-refractivity contribution >= 4 is 0 Å². The van der Waals surface area contributed by atoms with Gasteiger partial charge in [-0.15, -0.1) is 0 Å². The van der Waals surface area contributed by atoms with Crippen molar-refractivity contribution in [3.8, 4) is 0 Å². The van der Waals surface area contributed by atoms with Crippen molar-refractivity contribution in [1.82, 2.24) is 0 Å². The van der Waals surface area contributed by atoms with Gasteiger partial charge in [0, 0.05) is 0 Å². The Hall–Kier alpha value is -0.300. The molecule has 0 fully saturated rings. The van der Waals surface area contributed by atoms with E-state index in [2.05, 4.69) is 40.7 Å². The highest BCUT2D eigenvalue weighted by Gasteiger charge is 2.29. The molecule has 0 rings (SSSR count). The molecular weight excluding hydrogens is 172 g/mol. The van der Waals surface area contributed by atoms with Gasteiger partial charge in [-0.05, 0) is 44.9 Å². The van der Waals surface area contributed by atoms with E-state index in [0.717, 1.165) is 12.8 Å². The second-order valence-corrected chi connectivity index (χ2v) is 5.26. The summed E-state index contributed by atoms with van der Waals surface area (Å²) in [6.07, 6.45) is 4.32. The molecule has 0 aromatic carbocycles. The average molecular weight is 198 g/mol. The quantitative estimate of drug-likeness (QED) is 0.667. The van der Waals surface area contributed by atoms with Gasteiger partial charge in [0.15, 0.2) is 0 Å². The molecule has 0 spiro atoms. The Labute approximate surface area is 89.2 Å². The van der Waals surface area contributed by atoms with Gasteiger partial charge in [-0.25, -0.2) is 0 Å². The number of hydrogen-bond acceptors (Lipinski definition) is 1. The van der Waals surface area contributed by atoms with Crippen LogP contribution in [0.2, 0.25) is 0 Å². The van der Waals surface area contributed by atoms with Crippen molar-refractivity contribution in [1.29, 1.82) is 0 Å². The molecule has 0 aliphatic heterocycles. The van der Waals surface area contributed by atoms with Crippen LogP contribution in [0.15, 0.2) is 11.6 Å². The van der Waals surface area contributed by atoms with E-state index in [0.29, 0.717) is 5.92 Å². The number of allylic oxidation sites excluding steroid dienone is 2. The Bertz CT molecular complexity index is 185. The van der Waals surface area contributed by atoms with Crippen LogP contribution in [-0.4, -0.2) is 11.2 Å². The zero-order valence-electron chi connectivity index (χ0n) is 10.6. The predicted octanol–water partition coefficient (Wildman–Crippen LogP) is 3.78. The zero-order valence-corrected chi connectivity index (χ0v) is 10.6.